The molecule has 1 N–H and O–H groups in total. The number of nitrogens with zero attached hydrogens (tertiary/aromatic N) is 2. The minimum absolute atomic E-state index is 0.112. The second-order valence-corrected chi connectivity index (χ2v) is 9.95. The number of carbonyl (C=O) groups excluding carboxylic acids is 1. The average molecular weight is 398 g/mol. The van der Waals surface area contributed by atoms with Crippen LogP contribution in [0.3, 0.4) is 0 Å². The van der Waals surface area contributed by atoms with Crippen molar-refractivity contribution in [3.63, 3.8) is 0 Å². The van der Waals surface area contributed by atoms with Crippen LogP contribution in [0.5, 0.6) is 0 Å². The fraction of sp³-hybridized carbons (Fsp3) is 0.750. The van der Waals surface area contributed by atoms with Gasteiger partial charge in [0.25, 0.3) is 5.56 Å². The zero-order valence-corrected chi connectivity index (χ0v) is 17.6. The van der Waals surface area contributed by atoms with Crippen molar-refractivity contribution in [1.82, 2.24) is 14.8 Å². The SMILES string of the molecule is O=C(NC1CCCCC1)N1CC2CC(C1)c1ccc(C3CCCCC3)c(=O)n1C2. The summed E-state index contributed by atoms with van der Waals surface area (Å²) in [6.45, 7) is 2.31. The molecule has 29 heavy (non-hydrogen) atoms. The third kappa shape index (κ3) is 3.85. The van der Waals surface area contributed by atoms with E-state index in [1.165, 1.54) is 38.5 Å². The van der Waals surface area contributed by atoms with E-state index in [0.29, 0.717) is 23.8 Å². The van der Waals surface area contributed by atoms with Crippen LogP contribution in [0.4, 0.5) is 4.79 Å². The molecule has 0 spiro atoms. The molecule has 2 aliphatic carbocycles. The summed E-state index contributed by atoms with van der Waals surface area (Å²) < 4.78 is 2.07. The highest BCUT2D eigenvalue weighted by atomic mass is 16.2. The van der Waals surface area contributed by atoms with Gasteiger partial charge in [-0.1, -0.05) is 44.6 Å². The fourth-order valence-corrected chi connectivity index (χ4v) is 6.37. The van der Waals surface area contributed by atoms with Gasteiger partial charge in [0, 0.05) is 42.9 Å². The summed E-state index contributed by atoms with van der Waals surface area (Å²) in [7, 11) is 0. The maximum atomic E-state index is 13.3. The second kappa shape index (κ2) is 8.16. The quantitative estimate of drug-likeness (QED) is 0.806. The smallest absolute Gasteiger partial charge is 0.317 e. The van der Waals surface area contributed by atoms with Crippen molar-refractivity contribution in [2.24, 2.45) is 5.92 Å². The third-order valence-corrected chi connectivity index (χ3v) is 7.90. The van der Waals surface area contributed by atoms with E-state index in [9.17, 15) is 9.59 Å². The Morgan fingerprint density at radius 3 is 2.34 bits per heavy atom. The summed E-state index contributed by atoms with van der Waals surface area (Å²) in [6, 6.07) is 4.78. The number of fused-ring (bicyclic) bond motifs is 4. The Balaban J connectivity index is 1.32. The molecule has 2 bridgehead atoms. The van der Waals surface area contributed by atoms with Crippen molar-refractivity contribution in [3.8, 4) is 0 Å². The number of pyridine rings is 1. The van der Waals surface area contributed by atoms with Gasteiger partial charge in [0.15, 0.2) is 0 Å². The summed E-state index contributed by atoms with van der Waals surface area (Å²) in [5.74, 6) is 1.15. The molecule has 1 aromatic heterocycles. The molecule has 2 unspecified atom stereocenters. The van der Waals surface area contributed by atoms with E-state index >= 15 is 0 Å². The molecule has 158 valence electrons. The first-order valence-corrected chi connectivity index (χ1v) is 12.0. The molecule has 1 saturated heterocycles. The summed E-state index contributed by atoms with van der Waals surface area (Å²) in [5.41, 5.74) is 2.45. The number of hydrogen-bond acceptors (Lipinski definition) is 2. The van der Waals surface area contributed by atoms with Crippen molar-refractivity contribution < 1.29 is 4.79 Å². The first-order chi connectivity index (χ1) is 14.2. The topological polar surface area (TPSA) is 54.3 Å². The Morgan fingerprint density at radius 1 is 0.862 bits per heavy atom. The number of aromatic nitrogens is 1. The highest BCUT2D eigenvalue weighted by Gasteiger charge is 2.37. The number of likely N-dealkylation sites (tertiary alicyclic amines) is 1. The number of carbonyl (C=O) groups is 1. The summed E-state index contributed by atoms with van der Waals surface area (Å²) in [4.78, 5) is 28.2. The number of hydrogen-bond donors (Lipinski definition) is 1. The maximum Gasteiger partial charge on any atom is 0.317 e. The van der Waals surface area contributed by atoms with Gasteiger partial charge in [0.2, 0.25) is 0 Å². The third-order valence-electron chi connectivity index (χ3n) is 7.90. The first kappa shape index (κ1) is 19.2. The molecular weight excluding hydrogens is 362 g/mol. The largest absolute Gasteiger partial charge is 0.335 e. The van der Waals surface area contributed by atoms with Crippen molar-refractivity contribution in [3.05, 3.63) is 33.7 Å². The van der Waals surface area contributed by atoms with E-state index in [4.69, 9.17) is 0 Å². The predicted molar refractivity (Wildman–Crippen MR) is 114 cm³/mol. The molecular formula is C24H35N3O2. The minimum atomic E-state index is 0.112. The van der Waals surface area contributed by atoms with Crippen molar-refractivity contribution in [1.29, 1.82) is 0 Å². The molecule has 2 saturated carbocycles. The van der Waals surface area contributed by atoms with E-state index in [2.05, 4.69) is 22.0 Å². The Morgan fingerprint density at radius 2 is 1.59 bits per heavy atom. The first-order valence-electron chi connectivity index (χ1n) is 12.0. The van der Waals surface area contributed by atoms with E-state index in [-0.39, 0.29) is 11.6 Å². The van der Waals surface area contributed by atoms with Gasteiger partial charge in [-0.2, -0.15) is 0 Å². The Kier molecular flexibility index (Phi) is 5.40. The highest BCUT2D eigenvalue weighted by molar-refractivity contribution is 5.74. The normalized spacial score (nSPS) is 28.1. The van der Waals surface area contributed by atoms with Crippen LogP contribution in [0.15, 0.2) is 16.9 Å². The van der Waals surface area contributed by atoms with Crippen LogP contribution in [0.2, 0.25) is 0 Å². The minimum Gasteiger partial charge on any atom is -0.335 e. The van der Waals surface area contributed by atoms with Crippen LogP contribution >= 0.6 is 0 Å². The average Bonchev–Trinajstić information content (AvgIpc) is 2.76. The molecule has 2 amide bonds. The molecule has 1 aromatic rings. The number of rotatable bonds is 2. The molecule has 2 aliphatic heterocycles. The molecule has 5 nitrogen and oxygen atoms in total. The zero-order chi connectivity index (χ0) is 19.8. The van der Waals surface area contributed by atoms with Gasteiger partial charge >= 0.3 is 6.03 Å². The summed E-state index contributed by atoms with van der Waals surface area (Å²) in [6.07, 6.45) is 13.3. The number of piperidine rings is 1. The van der Waals surface area contributed by atoms with E-state index in [1.54, 1.807) is 0 Å². The molecule has 0 radical (unpaired) electrons. The number of amides is 2. The van der Waals surface area contributed by atoms with Crippen LogP contribution in [0.25, 0.3) is 0 Å². The van der Waals surface area contributed by atoms with Gasteiger partial charge < -0.3 is 14.8 Å². The summed E-state index contributed by atoms with van der Waals surface area (Å²) in [5, 5.41) is 3.28. The Labute approximate surface area is 173 Å². The Bertz CT molecular complexity index is 805. The van der Waals surface area contributed by atoms with Crippen molar-refractivity contribution >= 4 is 6.03 Å². The van der Waals surface area contributed by atoms with Gasteiger partial charge in [-0.05, 0) is 50.0 Å². The number of urea groups is 1. The van der Waals surface area contributed by atoms with E-state index in [0.717, 1.165) is 63.0 Å². The van der Waals surface area contributed by atoms with E-state index in [1.807, 2.05) is 4.90 Å². The van der Waals surface area contributed by atoms with Crippen LogP contribution in [-0.2, 0) is 6.54 Å². The van der Waals surface area contributed by atoms with Crippen LogP contribution in [0, 0.1) is 5.92 Å². The molecule has 0 aromatic carbocycles. The van der Waals surface area contributed by atoms with Crippen molar-refractivity contribution in [2.45, 2.75) is 95.1 Å². The van der Waals surface area contributed by atoms with E-state index < -0.39 is 0 Å². The second-order valence-electron chi connectivity index (χ2n) is 9.95. The highest BCUT2D eigenvalue weighted by Crippen LogP contribution is 2.37. The van der Waals surface area contributed by atoms with Gasteiger partial charge in [-0.15, -0.1) is 0 Å². The standard InChI is InChI=1S/C24H35N3O2/c28-23-21(18-7-3-1-4-8-18)11-12-22-19-13-17(15-27(22)23)14-26(16-19)24(29)25-20-9-5-2-6-10-20/h11-12,17-20H,1-10,13-16H2,(H,25,29). The van der Waals surface area contributed by atoms with Gasteiger partial charge in [-0.25, -0.2) is 4.79 Å². The molecule has 5 heteroatoms. The van der Waals surface area contributed by atoms with Crippen LogP contribution in [-0.4, -0.2) is 34.6 Å². The lowest BCUT2D eigenvalue weighted by atomic mass is 9.81. The molecule has 2 atom stereocenters. The van der Waals surface area contributed by atoms with Gasteiger partial charge in [0.1, 0.15) is 0 Å². The monoisotopic (exact) mass is 397 g/mol. The molecule has 4 aliphatic rings. The number of nitrogens with one attached hydrogen (secondary N) is 1. The van der Waals surface area contributed by atoms with Gasteiger partial charge in [0.05, 0.1) is 0 Å². The maximum absolute atomic E-state index is 13.3. The molecule has 3 heterocycles. The van der Waals surface area contributed by atoms with Crippen LogP contribution < -0.4 is 10.9 Å². The van der Waals surface area contributed by atoms with Crippen molar-refractivity contribution in [2.75, 3.05) is 13.1 Å². The predicted octanol–water partition coefficient (Wildman–Crippen LogP) is 4.36. The fourth-order valence-electron chi connectivity index (χ4n) is 6.37. The molecule has 5 rings (SSSR count). The Hall–Kier alpha value is -1.78. The lowest BCUT2D eigenvalue weighted by Gasteiger charge is -2.43. The summed E-state index contributed by atoms with van der Waals surface area (Å²) >= 11 is 0. The lowest BCUT2D eigenvalue weighted by molar-refractivity contribution is 0.127. The van der Waals surface area contributed by atoms with Gasteiger partial charge in [-0.3, -0.25) is 4.79 Å². The molecule has 3 fully saturated rings. The van der Waals surface area contributed by atoms with Crippen LogP contribution in [0.1, 0.15) is 93.7 Å². The lowest BCUT2D eigenvalue weighted by Crippen LogP contribution is -2.53. The zero-order valence-electron chi connectivity index (χ0n) is 17.6.